The molecule has 0 unspecified atom stereocenters. The third-order valence-corrected chi connectivity index (χ3v) is 2.56. The van der Waals surface area contributed by atoms with Gasteiger partial charge in [-0.3, -0.25) is 4.79 Å². The zero-order valence-corrected chi connectivity index (χ0v) is 10.9. The van der Waals surface area contributed by atoms with Gasteiger partial charge < -0.3 is 4.74 Å². The third kappa shape index (κ3) is 6.77. The van der Waals surface area contributed by atoms with Gasteiger partial charge in [-0.25, -0.2) is 0 Å². The van der Waals surface area contributed by atoms with Crippen LogP contribution in [0.25, 0.3) is 0 Å². The number of carbonyl (C=O) groups is 1. The van der Waals surface area contributed by atoms with Crippen molar-refractivity contribution in [2.24, 2.45) is 0 Å². The molecule has 0 aliphatic rings. The zero-order chi connectivity index (χ0) is 14.3. The average Bonchev–Trinajstić information content (AvgIpc) is 2.27. The van der Waals surface area contributed by atoms with Gasteiger partial charge in [0, 0.05) is 10.5 Å². The highest BCUT2D eigenvalue weighted by molar-refractivity contribution is 8.00. The summed E-state index contributed by atoms with van der Waals surface area (Å²) in [5, 5.41) is 0. The van der Waals surface area contributed by atoms with E-state index in [0.717, 1.165) is 0 Å². The Morgan fingerprint density at radius 3 is 2.79 bits per heavy atom. The quantitative estimate of drug-likeness (QED) is 0.483. The lowest BCUT2D eigenvalue weighted by molar-refractivity contribution is -0.141. The van der Waals surface area contributed by atoms with Crippen LogP contribution in [-0.4, -0.2) is 18.1 Å². The minimum Gasteiger partial charge on any atom is -0.465 e. The van der Waals surface area contributed by atoms with Crippen molar-refractivity contribution in [3.8, 4) is 11.8 Å². The molecular weight excluding hydrogens is 277 g/mol. The van der Waals surface area contributed by atoms with Crippen LogP contribution in [0.4, 0.5) is 13.2 Å². The minimum atomic E-state index is -4.32. The second-order valence-corrected chi connectivity index (χ2v) is 4.50. The fourth-order valence-corrected chi connectivity index (χ4v) is 1.80. The molecule has 1 aromatic rings. The highest BCUT2D eigenvalue weighted by Gasteiger charge is 2.29. The molecule has 2 nitrogen and oxygen atoms in total. The van der Waals surface area contributed by atoms with Crippen LogP contribution in [-0.2, 0) is 9.53 Å². The summed E-state index contributed by atoms with van der Waals surface area (Å²) in [5.74, 6) is 4.74. The first kappa shape index (κ1) is 15.4. The van der Waals surface area contributed by atoms with Gasteiger partial charge in [0.2, 0.25) is 0 Å². The van der Waals surface area contributed by atoms with E-state index in [1.54, 1.807) is 13.0 Å². The number of carbonyl (C=O) groups excluding carboxylic acids is 1. The second-order valence-electron chi connectivity index (χ2n) is 3.36. The molecule has 0 N–H and O–H groups in total. The fourth-order valence-electron chi connectivity index (χ4n) is 1.20. The predicted octanol–water partition coefficient (Wildman–Crippen LogP) is 3.60. The van der Waals surface area contributed by atoms with Crippen LogP contribution in [0.3, 0.4) is 0 Å². The first-order valence-corrected chi connectivity index (χ1v) is 6.22. The first-order chi connectivity index (χ1) is 8.90. The summed E-state index contributed by atoms with van der Waals surface area (Å²) in [6.45, 7) is 1.96. The van der Waals surface area contributed by atoms with Gasteiger partial charge in [-0.1, -0.05) is 17.9 Å². The first-order valence-electron chi connectivity index (χ1n) is 5.41. The Labute approximate surface area is 113 Å². The topological polar surface area (TPSA) is 26.3 Å². The van der Waals surface area contributed by atoms with Crippen molar-refractivity contribution in [3.05, 3.63) is 29.8 Å². The Morgan fingerprint density at radius 2 is 2.16 bits per heavy atom. The molecule has 0 heterocycles. The monoisotopic (exact) mass is 288 g/mol. The predicted molar refractivity (Wildman–Crippen MR) is 66.5 cm³/mol. The highest BCUT2D eigenvalue weighted by atomic mass is 32.2. The Morgan fingerprint density at radius 1 is 1.42 bits per heavy atom. The molecular formula is C13H11F3O2S. The largest absolute Gasteiger partial charge is 0.465 e. The molecule has 0 amide bonds. The van der Waals surface area contributed by atoms with E-state index in [1.165, 1.54) is 18.2 Å². The van der Waals surface area contributed by atoms with Gasteiger partial charge in [0.15, 0.2) is 0 Å². The molecule has 1 rings (SSSR count). The van der Waals surface area contributed by atoms with Crippen molar-refractivity contribution < 1.29 is 22.7 Å². The van der Waals surface area contributed by atoms with E-state index in [4.69, 9.17) is 0 Å². The second kappa shape index (κ2) is 7.10. The van der Waals surface area contributed by atoms with Gasteiger partial charge in [-0.2, -0.15) is 13.2 Å². The van der Waals surface area contributed by atoms with Crippen LogP contribution in [0.5, 0.6) is 0 Å². The lowest BCUT2D eigenvalue weighted by atomic mass is 10.2. The Balaban J connectivity index is 2.67. The number of halogens is 3. The number of thioether (sulfide) groups is 1. The Bertz CT molecular complexity index is 501. The zero-order valence-electron chi connectivity index (χ0n) is 10.1. The summed E-state index contributed by atoms with van der Waals surface area (Å²) >= 11 is -0.197. The van der Waals surface area contributed by atoms with Crippen LogP contribution in [0.2, 0.25) is 0 Å². The van der Waals surface area contributed by atoms with Crippen molar-refractivity contribution in [1.82, 2.24) is 0 Å². The number of rotatable bonds is 3. The summed E-state index contributed by atoms with van der Waals surface area (Å²) in [6, 6.07) is 5.76. The number of hydrogen-bond donors (Lipinski definition) is 0. The molecule has 0 saturated carbocycles. The van der Waals surface area contributed by atoms with Gasteiger partial charge in [-0.05, 0) is 36.9 Å². The van der Waals surface area contributed by atoms with Gasteiger partial charge in [-0.15, -0.1) is 0 Å². The van der Waals surface area contributed by atoms with Crippen LogP contribution >= 0.6 is 11.8 Å². The number of hydrogen-bond acceptors (Lipinski definition) is 3. The third-order valence-electron chi connectivity index (χ3n) is 1.84. The molecule has 102 valence electrons. The molecule has 19 heavy (non-hydrogen) atoms. The molecule has 0 radical (unpaired) electrons. The lowest BCUT2D eigenvalue weighted by Gasteiger charge is -2.05. The minimum absolute atomic E-state index is 0.0652. The van der Waals surface area contributed by atoms with E-state index < -0.39 is 11.5 Å². The molecule has 0 aliphatic carbocycles. The van der Waals surface area contributed by atoms with E-state index in [2.05, 4.69) is 16.6 Å². The van der Waals surface area contributed by atoms with Crippen LogP contribution < -0.4 is 0 Å². The van der Waals surface area contributed by atoms with E-state index in [0.29, 0.717) is 5.56 Å². The molecule has 1 aromatic carbocycles. The summed E-state index contributed by atoms with van der Waals surface area (Å²) in [4.78, 5) is 11.1. The number of esters is 1. The maximum Gasteiger partial charge on any atom is 0.446 e. The summed E-state index contributed by atoms with van der Waals surface area (Å²) in [7, 11) is 0. The van der Waals surface area contributed by atoms with Crippen LogP contribution in [0, 0.1) is 11.8 Å². The molecule has 0 aliphatic heterocycles. The van der Waals surface area contributed by atoms with Crippen LogP contribution in [0.15, 0.2) is 29.2 Å². The molecule has 0 atom stereocenters. The standard InChI is InChI=1S/C13H11F3O2S/c1-2-18-12(17)8-4-6-10-5-3-7-11(9-10)19-13(14,15)16/h3,5,7,9H,2,8H2,1H3. The van der Waals surface area contributed by atoms with Crippen molar-refractivity contribution in [1.29, 1.82) is 0 Å². The molecule has 6 heteroatoms. The Kier molecular flexibility index (Phi) is 5.77. The van der Waals surface area contributed by atoms with Gasteiger partial charge in [0.25, 0.3) is 0 Å². The van der Waals surface area contributed by atoms with Gasteiger partial charge in [0.1, 0.15) is 6.42 Å². The van der Waals surface area contributed by atoms with Crippen molar-refractivity contribution in [2.75, 3.05) is 6.61 Å². The lowest BCUT2D eigenvalue weighted by Crippen LogP contribution is -2.01. The average molecular weight is 288 g/mol. The van der Waals surface area contributed by atoms with E-state index in [9.17, 15) is 18.0 Å². The molecule has 0 bridgehead atoms. The van der Waals surface area contributed by atoms with Gasteiger partial charge >= 0.3 is 11.5 Å². The van der Waals surface area contributed by atoms with Crippen molar-refractivity contribution in [2.45, 2.75) is 23.7 Å². The highest BCUT2D eigenvalue weighted by Crippen LogP contribution is 2.36. The fraction of sp³-hybridized carbons (Fsp3) is 0.308. The van der Waals surface area contributed by atoms with Crippen LogP contribution in [0.1, 0.15) is 18.9 Å². The van der Waals surface area contributed by atoms with E-state index >= 15 is 0 Å². The normalized spacial score (nSPS) is 10.5. The summed E-state index contributed by atoms with van der Waals surface area (Å²) in [5.41, 5.74) is -3.89. The number of alkyl halides is 3. The number of ether oxygens (including phenoxy) is 1. The SMILES string of the molecule is CCOC(=O)CC#Cc1cccc(SC(F)(F)F)c1. The number of benzene rings is 1. The maximum atomic E-state index is 12.2. The van der Waals surface area contributed by atoms with Gasteiger partial charge in [0.05, 0.1) is 6.61 Å². The molecule has 0 saturated heterocycles. The summed E-state index contributed by atoms with van der Waals surface area (Å²) in [6.07, 6.45) is -0.0789. The van der Waals surface area contributed by atoms with Crippen molar-refractivity contribution >= 4 is 17.7 Å². The smallest absolute Gasteiger partial charge is 0.446 e. The van der Waals surface area contributed by atoms with Crippen molar-refractivity contribution in [3.63, 3.8) is 0 Å². The maximum absolute atomic E-state index is 12.2. The molecule has 0 spiro atoms. The van der Waals surface area contributed by atoms with E-state index in [-0.39, 0.29) is 29.7 Å². The summed E-state index contributed by atoms with van der Waals surface area (Å²) < 4.78 is 41.2. The molecule has 0 aromatic heterocycles. The van der Waals surface area contributed by atoms with E-state index in [1.807, 2.05) is 0 Å². The Hall–Kier alpha value is -1.61. The molecule has 0 fully saturated rings.